The minimum Gasteiger partial charge on any atom is -0.356 e. The first-order valence-electron chi connectivity index (χ1n) is 8.25. The maximum atomic E-state index is 6.02. The van der Waals surface area contributed by atoms with E-state index in [9.17, 15) is 0 Å². The van der Waals surface area contributed by atoms with E-state index in [-0.39, 0.29) is 6.04 Å². The first kappa shape index (κ1) is 18.4. The van der Waals surface area contributed by atoms with Crippen LogP contribution in [-0.2, 0) is 13.6 Å². The van der Waals surface area contributed by atoms with Gasteiger partial charge >= 0.3 is 0 Å². The molecule has 0 aliphatic carbocycles. The van der Waals surface area contributed by atoms with E-state index >= 15 is 0 Å². The van der Waals surface area contributed by atoms with Crippen LogP contribution < -0.4 is 10.6 Å². The number of aromatic nitrogens is 4. The number of nitrogens with one attached hydrogen (secondary N) is 2. The minimum absolute atomic E-state index is 0.0604. The molecule has 26 heavy (non-hydrogen) atoms. The maximum Gasteiger partial charge on any atom is 0.171 e. The van der Waals surface area contributed by atoms with Gasteiger partial charge in [-0.3, -0.25) is 9.36 Å². The van der Waals surface area contributed by atoms with Crippen LogP contribution in [0.4, 0.5) is 5.69 Å². The van der Waals surface area contributed by atoms with Gasteiger partial charge in [-0.2, -0.15) is 10.2 Å². The van der Waals surface area contributed by atoms with E-state index in [4.69, 9.17) is 23.8 Å². The Morgan fingerprint density at radius 2 is 2.12 bits per heavy atom. The fraction of sp³-hybridized carbons (Fsp3) is 0.278. The molecule has 0 aliphatic rings. The van der Waals surface area contributed by atoms with E-state index in [1.807, 2.05) is 60.0 Å². The summed E-state index contributed by atoms with van der Waals surface area (Å²) < 4.78 is 3.69. The summed E-state index contributed by atoms with van der Waals surface area (Å²) in [7, 11) is 1.93. The van der Waals surface area contributed by atoms with Crippen molar-refractivity contribution in [2.45, 2.75) is 26.4 Å². The second kappa shape index (κ2) is 7.88. The molecule has 0 spiro atoms. The van der Waals surface area contributed by atoms with Crippen molar-refractivity contribution in [3.63, 3.8) is 0 Å². The van der Waals surface area contributed by atoms with Crippen LogP contribution in [0.25, 0.3) is 0 Å². The van der Waals surface area contributed by atoms with Gasteiger partial charge in [0.2, 0.25) is 0 Å². The summed E-state index contributed by atoms with van der Waals surface area (Å²) in [6.45, 7) is 4.74. The van der Waals surface area contributed by atoms with Crippen LogP contribution in [0, 0.1) is 6.92 Å². The summed E-state index contributed by atoms with van der Waals surface area (Å²) in [5, 5.41) is 16.3. The van der Waals surface area contributed by atoms with Gasteiger partial charge in [-0.25, -0.2) is 0 Å². The Morgan fingerprint density at radius 3 is 2.81 bits per heavy atom. The SMILES string of the molecule is Cc1c(C(C)NC(=S)Nc2cnn(Cc3cccc(Cl)c3)c2)cnn1C. The van der Waals surface area contributed by atoms with Crippen LogP contribution in [-0.4, -0.2) is 24.7 Å². The molecular weight excluding hydrogens is 368 g/mol. The molecule has 8 heteroatoms. The summed E-state index contributed by atoms with van der Waals surface area (Å²) in [5.41, 5.74) is 4.16. The molecule has 1 aromatic carbocycles. The van der Waals surface area contributed by atoms with Crippen LogP contribution >= 0.6 is 23.8 Å². The zero-order valence-corrected chi connectivity index (χ0v) is 16.5. The lowest BCUT2D eigenvalue weighted by molar-refractivity contribution is 0.687. The molecule has 2 N–H and O–H groups in total. The fourth-order valence-corrected chi connectivity index (χ4v) is 3.23. The summed E-state index contributed by atoms with van der Waals surface area (Å²) in [4.78, 5) is 0. The van der Waals surface area contributed by atoms with Crippen molar-refractivity contribution in [2.75, 3.05) is 5.32 Å². The molecule has 1 atom stereocenters. The maximum absolute atomic E-state index is 6.02. The summed E-state index contributed by atoms with van der Waals surface area (Å²) >= 11 is 11.4. The molecule has 1 unspecified atom stereocenters. The molecule has 0 fully saturated rings. The van der Waals surface area contributed by atoms with Gasteiger partial charge in [0.05, 0.1) is 30.7 Å². The molecular formula is C18H21ClN6S. The lowest BCUT2D eigenvalue weighted by Crippen LogP contribution is -2.31. The minimum atomic E-state index is 0.0604. The second-order valence-electron chi connectivity index (χ2n) is 6.19. The van der Waals surface area contributed by atoms with Gasteiger partial charge in [-0.15, -0.1) is 0 Å². The highest BCUT2D eigenvalue weighted by molar-refractivity contribution is 7.80. The van der Waals surface area contributed by atoms with Gasteiger partial charge in [0.15, 0.2) is 5.11 Å². The molecule has 2 aromatic heterocycles. The Hall–Kier alpha value is -2.38. The van der Waals surface area contributed by atoms with Crippen molar-refractivity contribution < 1.29 is 0 Å². The lowest BCUT2D eigenvalue weighted by Gasteiger charge is -2.16. The quantitative estimate of drug-likeness (QED) is 0.653. The topological polar surface area (TPSA) is 59.7 Å². The van der Waals surface area contributed by atoms with E-state index < -0.39 is 0 Å². The first-order chi connectivity index (χ1) is 12.4. The highest BCUT2D eigenvalue weighted by atomic mass is 35.5. The third-order valence-corrected chi connectivity index (χ3v) is 4.67. The molecule has 0 aliphatic heterocycles. The van der Waals surface area contributed by atoms with Crippen molar-refractivity contribution in [1.82, 2.24) is 24.9 Å². The summed E-state index contributed by atoms with van der Waals surface area (Å²) in [6, 6.07) is 7.80. The smallest absolute Gasteiger partial charge is 0.171 e. The predicted octanol–water partition coefficient (Wildman–Crippen LogP) is 3.67. The monoisotopic (exact) mass is 388 g/mol. The van der Waals surface area contributed by atoms with Crippen molar-refractivity contribution in [3.8, 4) is 0 Å². The van der Waals surface area contributed by atoms with Crippen LogP contribution in [0.3, 0.4) is 0 Å². The molecule has 136 valence electrons. The molecule has 3 rings (SSSR count). The molecule has 0 amide bonds. The molecule has 2 heterocycles. The van der Waals surface area contributed by atoms with E-state index in [0.29, 0.717) is 11.7 Å². The van der Waals surface area contributed by atoms with Crippen molar-refractivity contribution in [1.29, 1.82) is 0 Å². The first-order valence-corrected chi connectivity index (χ1v) is 9.04. The van der Waals surface area contributed by atoms with Crippen LogP contribution in [0.1, 0.15) is 29.8 Å². The zero-order chi connectivity index (χ0) is 18.7. The largest absolute Gasteiger partial charge is 0.356 e. The highest BCUT2D eigenvalue weighted by Gasteiger charge is 2.13. The molecule has 0 saturated carbocycles. The fourth-order valence-electron chi connectivity index (χ4n) is 2.72. The predicted molar refractivity (Wildman–Crippen MR) is 108 cm³/mol. The lowest BCUT2D eigenvalue weighted by atomic mass is 10.1. The van der Waals surface area contributed by atoms with Gasteiger partial charge < -0.3 is 10.6 Å². The van der Waals surface area contributed by atoms with Crippen LogP contribution in [0.15, 0.2) is 42.9 Å². The number of benzene rings is 1. The molecule has 3 aromatic rings. The summed E-state index contributed by atoms with van der Waals surface area (Å²) in [6.07, 6.45) is 5.52. The van der Waals surface area contributed by atoms with Gasteiger partial charge in [0.25, 0.3) is 0 Å². The van der Waals surface area contributed by atoms with E-state index in [0.717, 1.165) is 27.5 Å². The molecule has 0 bridgehead atoms. The number of halogens is 1. The Bertz CT molecular complexity index is 916. The number of thiocarbonyl (C=S) groups is 1. The summed E-state index contributed by atoms with van der Waals surface area (Å²) in [5.74, 6) is 0. The number of hydrogen-bond acceptors (Lipinski definition) is 3. The van der Waals surface area contributed by atoms with Crippen LogP contribution in [0.5, 0.6) is 0 Å². The average molecular weight is 389 g/mol. The standard InChI is InChI=1S/C18H21ClN6S/c1-12(17-9-20-24(3)13(17)2)22-18(26)23-16-8-21-25(11-16)10-14-5-4-6-15(19)7-14/h4-9,11-12H,10H2,1-3H3,(H2,22,23,26). The van der Waals surface area contributed by atoms with Gasteiger partial charge in [0.1, 0.15) is 0 Å². The average Bonchev–Trinajstić information content (AvgIpc) is 3.14. The van der Waals surface area contributed by atoms with E-state index in [1.165, 1.54) is 0 Å². The Kier molecular flexibility index (Phi) is 5.58. The van der Waals surface area contributed by atoms with Gasteiger partial charge in [-0.05, 0) is 43.8 Å². The molecule has 0 saturated heterocycles. The van der Waals surface area contributed by atoms with Gasteiger partial charge in [-0.1, -0.05) is 23.7 Å². The Labute approximate surface area is 163 Å². The van der Waals surface area contributed by atoms with E-state index in [2.05, 4.69) is 27.8 Å². The number of anilines is 1. The van der Waals surface area contributed by atoms with Gasteiger partial charge in [0, 0.05) is 29.5 Å². The number of rotatable bonds is 5. The number of aryl methyl sites for hydroxylation is 1. The van der Waals surface area contributed by atoms with Crippen molar-refractivity contribution in [3.05, 3.63) is 64.7 Å². The van der Waals surface area contributed by atoms with Crippen molar-refractivity contribution in [2.24, 2.45) is 7.05 Å². The Balaban J connectivity index is 1.58. The van der Waals surface area contributed by atoms with Crippen molar-refractivity contribution >= 4 is 34.6 Å². The number of nitrogens with zero attached hydrogens (tertiary/aromatic N) is 4. The normalized spacial score (nSPS) is 12.0. The van der Waals surface area contributed by atoms with Crippen LogP contribution in [0.2, 0.25) is 5.02 Å². The third kappa shape index (κ3) is 4.42. The number of hydrogen-bond donors (Lipinski definition) is 2. The Morgan fingerprint density at radius 1 is 1.31 bits per heavy atom. The second-order valence-corrected chi connectivity index (χ2v) is 7.03. The molecule has 0 radical (unpaired) electrons. The zero-order valence-electron chi connectivity index (χ0n) is 14.9. The highest BCUT2D eigenvalue weighted by Crippen LogP contribution is 2.17. The third-order valence-electron chi connectivity index (χ3n) is 4.21. The molecule has 6 nitrogen and oxygen atoms in total. The van der Waals surface area contributed by atoms with E-state index in [1.54, 1.807) is 6.20 Å².